The van der Waals surface area contributed by atoms with E-state index in [0.29, 0.717) is 31.7 Å². The number of carbonyl (C=O) groups is 2. The lowest BCUT2D eigenvalue weighted by molar-refractivity contribution is -0.130. The summed E-state index contributed by atoms with van der Waals surface area (Å²) < 4.78 is 0. The van der Waals surface area contributed by atoms with Crippen molar-refractivity contribution < 1.29 is 9.59 Å². The number of aromatic nitrogens is 3. The monoisotopic (exact) mass is 345 g/mol. The number of carbonyl (C=O) groups excluding carboxylic acids is 2. The Kier molecular flexibility index (Phi) is 5.14. The van der Waals surface area contributed by atoms with E-state index in [1.807, 2.05) is 24.3 Å². The van der Waals surface area contributed by atoms with Crippen LogP contribution >= 0.6 is 11.8 Å². The van der Waals surface area contributed by atoms with Crippen molar-refractivity contribution in [3.05, 3.63) is 41.7 Å². The third kappa shape index (κ3) is 3.94. The summed E-state index contributed by atoms with van der Waals surface area (Å²) in [6, 6.07) is 7.64. The molecule has 0 saturated carbocycles. The molecule has 24 heavy (non-hydrogen) atoms. The van der Waals surface area contributed by atoms with Crippen molar-refractivity contribution in [2.45, 2.75) is 17.8 Å². The zero-order valence-corrected chi connectivity index (χ0v) is 14.3. The summed E-state index contributed by atoms with van der Waals surface area (Å²) in [5.41, 5.74) is 1.80. The van der Waals surface area contributed by atoms with E-state index < -0.39 is 0 Å². The van der Waals surface area contributed by atoms with E-state index in [0.717, 1.165) is 16.5 Å². The Labute approximate surface area is 144 Å². The van der Waals surface area contributed by atoms with Gasteiger partial charge in [-0.3, -0.25) is 14.7 Å². The molecule has 1 aromatic heterocycles. The Hall–Kier alpha value is -2.35. The third-order valence-corrected chi connectivity index (χ3v) is 4.93. The summed E-state index contributed by atoms with van der Waals surface area (Å²) in [6.45, 7) is 3.94. The highest BCUT2D eigenvalue weighted by Gasteiger charge is 2.23. The van der Waals surface area contributed by atoms with Crippen LogP contribution in [0.5, 0.6) is 0 Å². The number of benzene rings is 1. The molecule has 0 atom stereocenters. The lowest BCUT2D eigenvalue weighted by Crippen LogP contribution is -2.50. The fourth-order valence-corrected chi connectivity index (χ4v) is 3.30. The molecule has 3 rings (SSSR count). The summed E-state index contributed by atoms with van der Waals surface area (Å²) in [6.07, 6.45) is 1.48. The Morgan fingerprint density at radius 3 is 2.38 bits per heavy atom. The van der Waals surface area contributed by atoms with Crippen LogP contribution in [0.1, 0.15) is 22.8 Å². The second-order valence-electron chi connectivity index (χ2n) is 5.57. The summed E-state index contributed by atoms with van der Waals surface area (Å²) in [5.74, 6) is 0.851. The summed E-state index contributed by atoms with van der Waals surface area (Å²) in [4.78, 5) is 31.5. The predicted octanol–water partition coefficient (Wildman–Crippen LogP) is 1.40. The number of H-pyrrole nitrogens is 1. The molecule has 7 nitrogen and oxygen atoms in total. The summed E-state index contributed by atoms with van der Waals surface area (Å²) >= 11 is 1.56. The van der Waals surface area contributed by atoms with Crippen LogP contribution in [0.25, 0.3) is 0 Å². The second-order valence-corrected chi connectivity index (χ2v) is 6.54. The van der Waals surface area contributed by atoms with Crippen LogP contribution in [0, 0.1) is 0 Å². The van der Waals surface area contributed by atoms with Crippen LogP contribution < -0.4 is 0 Å². The number of rotatable bonds is 4. The maximum atomic E-state index is 12.5. The second kappa shape index (κ2) is 7.48. The van der Waals surface area contributed by atoms with Gasteiger partial charge in [0, 0.05) is 44.4 Å². The van der Waals surface area contributed by atoms with E-state index in [1.54, 1.807) is 28.5 Å². The van der Waals surface area contributed by atoms with Gasteiger partial charge in [-0.05, 0) is 17.7 Å². The zero-order valence-electron chi connectivity index (χ0n) is 13.4. The largest absolute Gasteiger partial charge is 0.339 e. The molecule has 1 aromatic carbocycles. The Balaban J connectivity index is 1.55. The van der Waals surface area contributed by atoms with Crippen molar-refractivity contribution in [1.29, 1.82) is 0 Å². The highest BCUT2D eigenvalue weighted by Crippen LogP contribution is 2.19. The van der Waals surface area contributed by atoms with Gasteiger partial charge in [-0.1, -0.05) is 23.9 Å². The number of hydrogen-bond acceptors (Lipinski definition) is 5. The van der Waals surface area contributed by atoms with Gasteiger partial charge < -0.3 is 9.80 Å². The van der Waals surface area contributed by atoms with Crippen LogP contribution in [-0.4, -0.2) is 63.0 Å². The molecule has 1 aliphatic rings. The van der Waals surface area contributed by atoms with Crippen molar-refractivity contribution >= 4 is 23.6 Å². The number of nitrogens with zero attached hydrogens (tertiary/aromatic N) is 4. The van der Waals surface area contributed by atoms with Crippen molar-refractivity contribution in [2.24, 2.45) is 0 Å². The first-order chi connectivity index (χ1) is 11.6. The van der Waals surface area contributed by atoms with Crippen molar-refractivity contribution in [3.8, 4) is 0 Å². The molecule has 0 unspecified atom stereocenters. The first-order valence-electron chi connectivity index (χ1n) is 7.75. The quantitative estimate of drug-likeness (QED) is 0.847. The number of nitrogens with one attached hydrogen (secondary N) is 1. The van der Waals surface area contributed by atoms with E-state index in [4.69, 9.17) is 0 Å². The number of aromatic amines is 1. The van der Waals surface area contributed by atoms with E-state index in [9.17, 15) is 9.59 Å². The summed E-state index contributed by atoms with van der Waals surface area (Å²) in [5, 5.41) is 7.39. The van der Waals surface area contributed by atoms with Gasteiger partial charge in [0.05, 0.1) is 0 Å². The molecule has 2 heterocycles. The van der Waals surface area contributed by atoms with Gasteiger partial charge in [-0.2, -0.15) is 5.10 Å². The molecule has 8 heteroatoms. The molecule has 0 spiro atoms. The predicted molar refractivity (Wildman–Crippen MR) is 90.5 cm³/mol. The maximum absolute atomic E-state index is 12.5. The van der Waals surface area contributed by atoms with Gasteiger partial charge in [0.2, 0.25) is 5.91 Å². The SMILES string of the molecule is CC(=O)N1CCN(C(=O)c2ccc(CSc3ncn[nH]3)cc2)CC1. The van der Waals surface area contributed by atoms with Gasteiger partial charge in [0.15, 0.2) is 5.16 Å². The first-order valence-corrected chi connectivity index (χ1v) is 8.74. The molecule has 0 aliphatic carbocycles. The molecule has 1 fully saturated rings. The highest BCUT2D eigenvalue weighted by atomic mass is 32.2. The van der Waals surface area contributed by atoms with Crippen LogP contribution in [-0.2, 0) is 10.5 Å². The van der Waals surface area contributed by atoms with E-state index in [-0.39, 0.29) is 11.8 Å². The molecule has 0 radical (unpaired) electrons. The zero-order chi connectivity index (χ0) is 16.9. The van der Waals surface area contributed by atoms with Gasteiger partial charge in [0.1, 0.15) is 6.33 Å². The van der Waals surface area contributed by atoms with Gasteiger partial charge in [0.25, 0.3) is 5.91 Å². The Bertz CT molecular complexity index is 694. The molecule has 126 valence electrons. The minimum atomic E-state index is 0.0210. The fraction of sp³-hybridized carbons (Fsp3) is 0.375. The number of piperazine rings is 1. The molecular weight excluding hydrogens is 326 g/mol. The lowest BCUT2D eigenvalue weighted by atomic mass is 10.1. The molecule has 2 amide bonds. The van der Waals surface area contributed by atoms with Gasteiger partial charge in [-0.25, -0.2) is 4.98 Å². The van der Waals surface area contributed by atoms with E-state index in [2.05, 4.69) is 15.2 Å². The minimum absolute atomic E-state index is 0.0210. The normalized spacial score (nSPS) is 14.7. The fourth-order valence-electron chi connectivity index (χ4n) is 2.57. The minimum Gasteiger partial charge on any atom is -0.339 e. The third-order valence-electron chi connectivity index (χ3n) is 3.98. The van der Waals surface area contributed by atoms with Crippen molar-refractivity contribution in [2.75, 3.05) is 26.2 Å². The Morgan fingerprint density at radius 1 is 1.12 bits per heavy atom. The molecule has 1 N–H and O–H groups in total. The molecule has 1 saturated heterocycles. The van der Waals surface area contributed by atoms with Gasteiger partial charge >= 0.3 is 0 Å². The Morgan fingerprint density at radius 2 is 1.79 bits per heavy atom. The van der Waals surface area contributed by atoms with Crippen molar-refractivity contribution in [3.63, 3.8) is 0 Å². The molecular formula is C16H19N5O2S. The summed E-state index contributed by atoms with van der Waals surface area (Å²) in [7, 11) is 0. The number of hydrogen-bond donors (Lipinski definition) is 1. The smallest absolute Gasteiger partial charge is 0.253 e. The topological polar surface area (TPSA) is 82.2 Å². The van der Waals surface area contributed by atoms with Crippen LogP contribution in [0.3, 0.4) is 0 Å². The van der Waals surface area contributed by atoms with Crippen LogP contribution in [0.2, 0.25) is 0 Å². The molecule has 0 bridgehead atoms. The van der Waals surface area contributed by atoms with Gasteiger partial charge in [-0.15, -0.1) is 0 Å². The van der Waals surface area contributed by atoms with Crippen LogP contribution in [0.4, 0.5) is 0 Å². The van der Waals surface area contributed by atoms with E-state index in [1.165, 1.54) is 6.33 Å². The first kappa shape index (κ1) is 16.5. The highest BCUT2D eigenvalue weighted by molar-refractivity contribution is 7.98. The average Bonchev–Trinajstić information content (AvgIpc) is 3.13. The lowest BCUT2D eigenvalue weighted by Gasteiger charge is -2.34. The standard InChI is InChI=1S/C16H19N5O2S/c1-12(22)20-6-8-21(9-7-20)15(23)14-4-2-13(3-5-14)10-24-16-17-11-18-19-16/h2-5,11H,6-10H2,1H3,(H,17,18,19). The maximum Gasteiger partial charge on any atom is 0.253 e. The van der Waals surface area contributed by atoms with Crippen molar-refractivity contribution in [1.82, 2.24) is 25.0 Å². The van der Waals surface area contributed by atoms with Crippen LogP contribution in [0.15, 0.2) is 35.7 Å². The number of amides is 2. The molecule has 1 aliphatic heterocycles. The molecule has 2 aromatic rings. The average molecular weight is 345 g/mol. The number of thioether (sulfide) groups is 1. The van der Waals surface area contributed by atoms with E-state index >= 15 is 0 Å².